The van der Waals surface area contributed by atoms with Gasteiger partial charge in [-0.3, -0.25) is 9.69 Å². The lowest BCUT2D eigenvalue weighted by Gasteiger charge is -2.55. The molecule has 0 radical (unpaired) electrons. The predicted octanol–water partition coefficient (Wildman–Crippen LogP) is 1.91. The summed E-state index contributed by atoms with van der Waals surface area (Å²) in [6.07, 6.45) is 2.09. The Morgan fingerprint density at radius 3 is 2.48 bits per heavy atom. The van der Waals surface area contributed by atoms with Gasteiger partial charge < -0.3 is 15.1 Å². The van der Waals surface area contributed by atoms with Crippen LogP contribution in [0.25, 0.3) is 0 Å². The first kappa shape index (κ1) is 18.3. The summed E-state index contributed by atoms with van der Waals surface area (Å²) in [7, 11) is 0. The molecule has 1 aliphatic carbocycles. The van der Waals surface area contributed by atoms with Crippen LogP contribution >= 0.6 is 0 Å². The highest BCUT2D eigenvalue weighted by molar-refractivity contribution is 5.81. The van der Waals surface area contributed by atoms with Crippen LogP contribution in [0.4, 0.5) is 4.79 Å². The summed E-state index contributed by atoms with van der Waals surface area (Å²) >= 11 is 0. The molecule has 3 fully saturated rings. The van der Waals surface area contributed by atoms with E-state index >= 15 is 0 Å². The van der Waals surface area contributed by atoms with Crippen molar-refractivity contribution in [2.45, 2.75) is 44.8 Å². The third-order valence-electron chi connectivity index (χ3n) is 6.08. The number of hydrogen-bond acceptors (Lipinski definition) is 3. The summed E-state index contributed by atoms with van der Waals surface area (Å²) in [6.45, 7) is 8.78. The number of amides is 3. The molecule has 2 saturated heterocycles. The summed E-state index contributed by atoms with van der Waals surface area (Å²) < 4.78 is 0. The molecule has 1 unspecified atom stereocenters. The summed E-state index contributed by atoms with van der Waals surface area (Å²) in [6, 6.07) is 10.2. The first-order valence-electron chi connectivity index (χ1n) is 10.1. The lowest BCUT2D eigenvalue weighted by atomic mass is 9.93. The average molecular weight is 370 g/mol. The molecule has 27 heavy (non-hydrogen) atoms. The van der Waals surface area contributed by atoms with Crippen molar-refractivity contribution in [3.8, 4) is 0 Å². The number of rotatable bonds is 3. The normalized spacial score (nSPS) is 25.0. The number of piperazine rings is 2. The molecule has 6 heteroatoms. The highest BCUT2D eigenvalue weighted by atomic mass is 16.2. The van der Waals surface area contributed by atoms with Gasteiger partial charge in [0.2, 0.25) is 5.91 Å². The van der Waals surface area contributed by atoms with Crippen LogP contribution in [0.2, 0.25) is 0 Å². The van der Waals surface area contributed by atoms with Crippen LogP contribution < -0.4 is 5.32 Å². The molecule has 0 bridgehead atoms. The Kier molecular flexibility index (Phi) is 4.84. The zero-order valence-corrected chi connectivity index (χ0v) is 16.4. The summed E-state index contributed by atoms with van der Waals surface area (Å²) in [4.78, 5) is 31.7. The number of carbonyl (C=O) groups is 2. The first-order chi connectivity index (χ1) is 12.9. The Morgan fingerprint density at radius 2 is 1.78 bits per heavy atom. The van der Waals surface area contributed by atoms with Gasteiger partial charge in [0.25, 0.3) is 0 Å². The van der Waals surface area contributed by atoms with E-state index in [2.05, 4.69) is 24.1 Å². The molecule has 146 valence electrons. The van der Waals surface area contributed by atoms with Gasteiger partial charge in [0.15, 0.2) is 0 Å². The SMILES string of the molecule is CC1(C)CN(C(=O)NCc2ccccc2)CC2CN(C(=O)C3CC3)CCN21. The van der Waals surface area contributed by atoms with E-state index in [4.69, 9.17) is 0 Å². The standard InChI is InChI=1S/C21H30N4O2/c1-21(2)15-24(20(27)22-12-16-6-4-3-5-7-16)14-18-13-23(10-11-25(18)21)19(26)17-8-9-17/h3-7,17-18H,8-15H2,1-2H3,(H,22,27). The minimum absolute atomic E-state index is 0.0165. The molecule has 1 atom stereocenters. The van der Waals surface area contributed by atoms with E-state index in [1.54, 1.807) is 0 Å². The minimum Gasteiger partial charge on any atom is -0.340 e. The number of benzene rings is 1. The van der Waals surface area contributed by atoms with Crippen molar-refractivity contribution < 1.29 is 9.59 Å². The van der Waals surface area contributed by atoms with E-state index in [1.165, 1.54) is 0 Å². The second kappa shape index (κ2) is 7.15. The molecule has 0 spiro atoms. The molecule has 2 heterocycles. The van der Waals surface area contributed by atoms with Gasteiger partial charge >= 0.3 is 6.03 Å². The number of hydrogen-bond donors (Lipinski definition) is 1. The monoisotopic (exact) mass is 370 g/mol. The maximum absolute atomic E-state index is 12.8. The van der Waals surface area contributed by atoms with Crippen molar-refractivity contribution in [3.63, 3.8) is 0 Å². The summed E-state index contributed by atoms with van der Waals surface area (Å²) in [5.74, 6) is 0.580. The van der Waals surface area contributed by atoms with E-state index < -0.39 is 0 Å². The molecule has 0 aromatic heterocycles. The van der Waals surface area contributed by atoms with Crippen LogP contribution in [0.1, 0.15) is 32.3 Å². The number of urea groups is 1. The van der Waals surface area contributed by atoms with Gasteiger partial charge in [0.1, 0.15) is 0 Å². The third kappa shape index (κ3) is 3.95. The van der Waals surface area contributed by atoms with Crippen LogP contribution in [0.15, 0.2) is 30.3 Å². The maximum Gasteiger partial charge on any atom is 0.317 e. The Bertz CT molecular complexity index is 701. The van der Waals surface area contributed by atoms with E-state index in [1.807, 2.05) is 40.1 Å². The van der Waals surface area contributed by atoms with Crippen molar-refractivity contribution in [2.75, 3.05) is 32.7 Å². The van der Waals surface area contributed by atoms with Gasteiger partial charge in [0, 0.05) is 56.8 Å². The van der Waals surface area contributed by atoms with Crippen molar-refractivity contribution in [3.05, 3.63) is 35.9 Å². The fourth-order valence-corrected chi connectivity index (χ4v) is 4.51. The fourth-order valence-electron chi connectivity index (χ4n) is 4.51. The molecule has 3 aliphatic rings. The highest BCUT2D eigenvalue weighted by Crippen LogP contribution is 2.33. The van der Waals surface area contributed by atoms with Gasteiger partial charge in [-0.15, -0.1) is 0 Å². The number of fused-ring (bicyclic) bond motifs is 1. The van der Waals surface area contributed by atoms with Crippen molar-refractivity contribution in [2.24, 2.45) is 5.92 Å². The van der Waals surface area contributed by atoms with Gasteiger partial charge in [-0.1, -0.05) is 30.3 Å². The smallest absolute Gasteiger partial charge is 0.317 e. The van der Waals surface area contributed by atoms with E-state index in [9.17, 15) is 9.59 Å². The van der Waals surface area contributed by atoms with E-state index in [0.717, 1.165) is 38.0 Å². The van der Waals surface area contributed by atoms with Gasteiger partial charge in [-0.2, -0.15) is 0 Å². The zero-order chi connectivity index (χ0) is 19.0. The van der Waals surface area contributed by atoms with E-state index in [0.29, 0.717) is 25.5 Å². The molecule has 1 saturated carbocycles. The van der Waals surface area contributed by atoms with Crippen molar-refractivity contribution in [1.82, 2.24) is 20.0 Å². The second-order valence-corrected chi connectivity index (χ2v) is 8.74. The second-order valence-electron chi connectivity index (χ2n) is 8.74. The Balaban J connectivity index is 1.39. The van der Waals surface area contributed by atoms with Gasteiger partial charge in [-0.05, 0) is 32.3 Å². The number of carbonyl (C=O) groups excluding carboxylic acids is 2. The van der Waals surface area contributed by atoms with Crippen molar-refractivity contribution in [1.29, 1.82) is 0 Å². The summed E-state index contributed by atoms with van der Waals surface area (Å²) in [5.41, 5.74) is 1.02. The molecule has 1 aromatic carbocycles. The molecule has 4 rings (SSSR count). The fraction of sp³-hybridized carbons (Fsp3) is 0.619. The van der Waals surface area contributed by atoms with Crippen LogP contribution in [0.3, 0.4) is 0 Å². The zero-order valence-electron chi connectivity index (χ0n) is 16.4. The van der Waals surface area contributed by atoms with Gasteiger partial charge in [0.05, 0.1) is 0 Å². The molecule has 3 amide bonds. The van der Waals surface area contributed by atoms with Crippen LogP contribution in [-0.4, -0.2) is 70.9 Å². The molecular weight excluding hydrogens is 340 g/mol. The Labute approximate surface area is 161 Å². The first-order valence-corrected chi connectivity index (χ1v) is 10.1. The summed E-state index contributed by atoms with van der Waals surface area (Å²) in [5, 5.41) is 3.05. The molecular formula is C21H30N4O2. The maximum atomic E-state index is 12.8. The van der Waals surface area contributed by atoms with Gasteiger partial charge in [-0.25, -0.2) is 4.79 Å². The van der Waals surface area contributed by atoms with Crippen LogP contribution in [-0.2, 0) is 11.3 Å². The number of nitrogens with zero attached hydrogens (tertiary/aromatic N) is 3. The largest absolute Gasteiger partial charge is 0.340 e. The van der Waals surface area contributed by atoms with Crippen LogP contribution in [0, 0.1) is 5.92 Å². The predicted molar refractivity (Wildman–Crippen MR) is 104 cm³/mol. The Morgan fingerprint density at radius 1 is 1.07 bits per heavy atom. The minimum atomic E-state index is -0.0816. The van der Waals surface area contributed by atoms with Crippen molar-refractivity contribution >= 4 is 11.9 Å². The lowest BCUT2D eigenvalue weighted by molar-refractivity contribution is -0.139. The Hall–Kier alpha value is -2.08. The number of nitrogens with one attached hydrogen (secondary N) is 1. The van der Waals surface area contributed by atoms with Crippen LogP contribution in [0.5, 0.6) is 0 Å². The molecule has 1 N–H and O–H groups in total. The molecule has 6 nitrogen and oxygen atoms in total. The highest BCUT2D eigenvalue weighted by Gasteiger charge is 2.45. The average Bonchev–Trinajstić information content (AvgIpc) is 3.50. The quantitative estimate of drug-likeness (QED) is 0.884. The van der Waals surface area contributed by atoms with E-state index in [-0.39, 0.29) is 23.5 Å². The topological polar surface area (TPSA) is 55.9 Å². The third-order valence-corrected chi connectivity index (χ3v) is 6.08. The molecule has 1 aromatic rings. The molecule has 2 aliphatic heterocycles. The lowest BCUT2D eigenvalue weighted by Crippen LogP contribution is -2.71.